The molecule has 0 spiro atoms. The van der Waals surface area contributed by atoms with E-state index in [-0.39, 0.29) is 18.2 Å². The number of aromatic carboxylic acids is 1. The minimum atomic E-state index is -1.35. The number of carbonyl (C=O) groups is 1. The molecule has 0 aliphatic heterocycles. The second-order valence-corrected chi connectivity index (χ2v) is 3.69. The number of fused-ring (bicyclic) bond motifs is 1. The number of aromatic nitrogens is 3. The predicted octanol–water partition coefficient (Wildman–Crippen LogP) is 0.822. The van der Waals surface area contributed by atoms with E-state index >= 15 is 0 Å². The molecule has 0 saturated carbocycles. The van der Waals surface area contributed by atoms with Crippen LogP contribution in [0.1, 0.15) is 23.3 Å². The highest BCUT2D eigenvalue weighted by Gasteiger charge is 2.17. The molecule has 0 amide bonds. The van der Waals surface area contributed by atoms with E-state index in [0.29, 0.717) is 5.52 Å². The minimum absolute atomic E-state index is 0.168. The van der Waals surface area contributed by atoms with Gasteiger partial charge in [0.15, 0.2) is 0 Å². The number of nitrogens with zero attached hydrogens (tertiary/aromatic N) is 3. The smallest absolute Gasteiger partial charge is 0.338 e. The minimum Gasteiger partial charge on any atom is -0.478 e. The van der Waals surface area contributed by atoms with Crippen LogP contribution in [0.5, 0.6) is 0 Å². The van der Waals surface area contributed by atoms with Crippen molar-refractivity contribution in [2.75, 3.05) is 6.61 Å². The quantitative estimate of drug-likeness (QED) is 0.827. The van der Waals surface area contributed by atoms with Crippen LogP contribution in [-0.4, -0.2) is 37.8 Å². The summed E-state index contributed by atoms with van der Waals surface area (Å²) >= 11 is 0. The molecule has 2 N–H and O–H groups in total. The van der Waals surface area contributed by atoms with Gasteiger partial charge < -0.3 is 10.2 Å². The van der Waals surface area contributed by atoms with Gasteiger partial charge >= 0.3 is 5.97 Å². The summed E-state index contributed by atoms with van der Waals surface area (Å²) in [7, 11) is 0. The number of halogens is 1. The van der Waals surface area contributed by atoms with Gasteiger partial charge in [0, 0.05) is 6.07 Å². The van der Waals surface area contributed by atoms with E-state index in [1.54, 1.807) is 6.92 Å². The van der Waals surface area contributed by atoms with E-state index in [0.717, 1.165) is 6.07 Å². The molecule has 1 aromatic carbocycles. The first-order valence-corrected chi connectivity index (χ1v) is 4.93. The monoisotopic (exact) mass is 239 g/mol. The lowest BCUT2D eigenvalue weighted by Gasteiger charge is -2.08. The molecule has 0 aliphatic carbocycles. The van der Waals surface area contributed by atoms with Crippen LogP contribution in [0.4, 0.5) is 4.39 Å². The number of carboxylic acids is 1. The summed E-state index contributed by atoms with van der Waals surface area (Å²) < 4.78 is 14.7. The molecule has 6 nitrogen and oxygen atoms in total. The average Bonchev–Trinajstić information content (AvgIpc) is 2.69. The Morgan fingerprint density at radius 3 is 2.88 bits per heavy atom. The lowest BCUT2D eigenvalue weighted by molar-refractivity contribution is 0.0692. The Morgan fingerprint density at radius 2 is 2.29 bits per heavy atom. The van der Waals surface area contributed by atoms with Gasteiger partial charge in [0.2, 0.25) is 0 Å². The van der Waals surface area contributed by atoms with Crippen LogP contribution in [0.15, 0.2) is 12.1 Å². The topological polar surface area (TPSA) is 88.2 Å². The first kappa shape index (κ1) is 11.5. The molecule has 0 radical (unpaired) electrons. The zero-order valence-corrected chi connectivity index (χ0v) is 8.96. The van der Waals surface area contributed by atoms with Gasteiger partial charge in [0.05, 0.1) is 23.7 Å². The molecule has 2 rings (SSSR count). The fraction of sp³-hybridized carbons (Fsp3) is 0.300. The molecule has 17 heavy (non-hydrogen) atoms. The lowest BCUT2D eigenvalue weighted by atomic mass is 10.2. The van der Waals surface area contributed by atoms with Gasteiger partial charge in [-0.3, -0.25) is 0 Å². The maximum atomic E-state index is 13.4. The molecular formula is C10H10FN3O3. The van der Waals surface area contributed by atoms with Gasteiger partial charge in [-0.05, 0) is 13.0 Å². The van der Waals surface area contributed by atoms with Crippen molar-refractivity contribution in [2.24, 2.45) is 0 Å². The second-order valence-electron chi connectivity index (χ2n) is 3.69. The summed E-state index contributed by atoms with van der Waals surface area (Å²) in [5.74, 6) is -2.21. The van der Waals surface area contributed by atoms with Crippen LogP contribution in [0.2, 0.25) is 0 Å². The number of aliphatic hydroxyl groups is 1. The van der Waals surface area contributed by atoms with Gasteiger partial charge in [-0.2, -0.15) is 0 Å². The van der Waals surface area contributed by atoms with E-state index in [4.69, 9.17) is 10.2 Å². The number of benzene rings is 1. The number of carboxylic acid groups (broad SMARTS) is 1. The van der Waals surface area contributed by atoms with Crippen molar-refractivity contribution < 1.29 is 19.4 Å². The molecule has 1 atom stereocenters. The zero-order chi connectivity index (χ0) is 12.6. The van der Waals surface area contributed by atoms with Crippen molar-refractivity contribution in [3.8, 4) is 0 Å². The Labute approximate surface area is 95.3 Å². The average molecular weight is 239 g/mol. The number of aliphatic hydroxyl groups excluding tert-OH is 1. The fourth-order valence-electron chi connectivity index (χ4n) is 1.53. The molecule has 0 fully saturated rings. The second kappa shape index (κ2) is 4.10. The first-order valence-electron chi connectivity index (χ1n) is 4.93. The Balaban J connectivity index is 2.67. The normalized spacial score (nSPS) is 12.9. The van der Waals surface area contributed by atoms with Crippen molar-refractivity contribution >= 4 is 17.0 Å². The third-order valence-corrected chi connectivity index (χ3v) is 2.47. The molecule has 90 valence electrons. The van der Waals surface area contributed by atoms with Crippen LogP contribution in [-0.2, 0) is 0 Å². The molecule has 1 heterocycles. The summed E-state index contributed by atoms with van der Waals surface area (Å²) in [5, 5.41) is 25.3. The Kier molecular flexibility index (Phi) is 2.76. The third-order valence-electron chi connectivity index (χ3n) is 2.47. The van der Waals surface area contributed by atoms with Crippen LogP contribution in [0.25, 0.3) is 11.0 Å². The maximum absolute atomic E-state index is 13.4. The molecule has 7 heteroatoms. The van der Waals surface area contributed by atoms with Gasteiger partial charge in [0.25, 0.3) is 0 Å². The van der Waals surface area contributed by atoms with Gasteiger partial charge in [-0.1, -0.05) is 5.21 Å². The van der Waals surface area contributed by atoms with Crippen molar-refractivity contribution in [1.82, 2.24) is 15.0 Å². The Hall–Kier alpha value is -2.02. The van der Waals surface area contributed by atoms with E-state index in [1.807, 2.05) is 0 Å². The van der Waals surface area contributed by atoms with Gasteiger partial charge in [-0.25, -0.2) is 13.9 Å². The predicted molar refractivity (Wildman–Crippen MR) is 56.2 cm³/mol. The molecular weight excluding hydrogens is 229 g/mol. The third kappa shape index (κ3) is 1.84. The molecule has 0 aliphatic rings. The van der Waals surface area contributed by atoms with Crippen molar-refractivity contribution in [3.63, 3.8) is 0 Å². The molecule has 1 unspecified atom stereocenters. The summed E-state index contributed by atoms with van der Waals surface area (Å²) in [5.41, 5.74) is 0.198. The zero-order valence-electron chi connectivity index (χ0n) is 8.96. The van der Waals surface area contributed by atoms with Gasteiger partial charge in [-0.15, -0.1) is 5.10 Å². The highest BCUT2D eigenvalue weighted by atomic mass is 19.1. The van der Waals surface area contributed by atoms with Crippen LogP contribution >= 0.6 is 0 Å². The lowest BCUT2D eigenvalue weighted by Crippen LogP contribution is -2.11. The van der Waals surface area contributed by atoms with E-state index in [2.05, 4.69) is 10.3 Å². The number of rotatable bonds is 3. The number of hydrogen-bond donors (Lipinski definition) is 2. The van der Waals surface area contributed by atoms with Crippen LogP contribution in [0, 0.1) is 5.82 Å². The first-order chi connectivity index (χ1) is 8.04. The SMILES string of the molecule is CC(CO)n1nnc2cc(F)c(C(=O)O)cc21. The fourth-order valence-corrected chi connectivity index (χ4v) is 1.53. The van der Waals surface area contributed by atoms with E-state index < -0.39 is 17.3 Å². The Bertz CT molecular complexity index is 581. The maximum Gasteiger partial charge on any atom is 0.338 e. The van der Waals surface area contributed by atoms with Gasteiger partial charge in [0.1, 0.15) is 11.3 Å². The largest absolute Gasteiger partial charge is 0.478 e. The standard InChI is InChI=1S/C10H10FN3O3/c1-5(4-15)14-9-2-6(10(16)17)7(11)3-8(9)12-13-14/h2-3,5,15H,4H2,1H3,(H,16,17). The summed E-state index contributed by atoms with van der Waals surface area (Å²) in [6.45, 7) is 1.52. The van der Waals surface area contributed by atoms with Crippen LogP contribution < -0.4 is 0 Å². The summed E-state index contributed by atoms with van der Waals surface area (Å²) in [6.07, 6.45) is 0. The Morgan fingerprint density at radius 1 is 1.59 bits per heavy atom. The van der Waals surface area contributed by atoms with Crippen molar-refractivity contribution in [1.29, 1.82) is 0 Å². The summed E-state index contributed by atoms with van der Waals surface area (Å²) in [4.78, 5) is 10.8. The van der Waals surface area contributed by atoms with E-state index in [9.17, 15) is 9.18 Å². The van der Waals surface area contributed by atoms with Crippen molar-refractivity contribution in [3.05, 3.63) is 23.5 Å². The highest BCUT2D eigenvalue weighted by molar-refractivity contribution is 5.92. The summed E-state index contributed by atoms with van der Waals surface area (Å²) in [6, 6.07) is 1.83. The molecule has 0 bridgehead atoms. The highest BCUT2D eigenvalue weighted by Crippen LogP contribution is 2.20. The van der Waals surface area contributed by atoms with Crippen LogP contribution in [0.3, 0.4) is 0 Å². The molecule has 1 aromatic heterocycles. The van der Waals surface area contributed by atoms with Crippen molar-refractivity contribution in [2.45, 2.75) is 13.0 Å². The molecule has 0 saturated heterocycles. The van der Waals surface area contributed by atoms with E-state index in [1.165, 1.54) is 10.7 Å². The number of hydrogen-bond acceptors (Lipinski definition) is 4. The molecule has 2 aromatic rings.